The molecule has 1 aromatic rings. The van der Waals surface area contributed by atoms with Crippen molar-refractivity contribution < 1.29 is 14.6 Å². The number of hydrogen-bond donors (Lipinski definition) is 1. The molecule has 0 radical (unpaired) electrons. The molecule has 3 nitrogen and oxygen atoms in total. The van der Waals surface area contributed by atoms with E-state index in [0.29, 0.717) is 5.56 Å². The van der Waals surface area contributed by atoms with Gasteiger partial charge in [0.1, 0.15) is 6.10 Å². The minimum Gasteiger partial charge on any atom is -0.456 e. The summed E-state index contributed by atoms with van der Waals surface area (Å²) in [6.45, 7) is 5.60. The zero-order valence-corrected chi connectivity index (χ0v) is 9.93. The van der Waals surface area contributed by atoms with Gasteiger partial charge in [0.05, 0.1) is 12.2 Å². The van der Waals surface area contributed by atoms with Crippen molar-refractivity contribution in [2.75, 3.05) is 6.61 Å². The van der Waals surface area contributed by atoms with Gasteiger partial charge >= 0.3 is 5.97 Å². The predicted octanol–water partition coefficient (Wildman–Crippen LogP) is 2.25. The summed E-state index contributed by atoms with van der Waals surface area (Å²) < 4.78 is 5.26. The lowest BCUT2D eigenvalue weighted by Crippen LogP contribution is -2.34. The first kappa shape index (κ1) is 12.7. The maximum Gasteiger partial charge on any atom is 0.338 e. The second-order valence-corrected chi connectivity index (χ2v) is 4.81. The third kappa shape index (κ3) is 3.35. The van der Waals surface area contributed by atoms with Gasteiger partial charge in [0.15, 0.2) is 0 Å². The van der Waals surface area contributed by atoms with Gasteiger partial charge in [0, 0.05) is 5.41 Å². The molecule has 0 aromatic heterocycles. The lowest BCUT2D eigenvalue weighted by Gasteiger charge is -2.28. The van der Waals surface area contributed by atoms with Gasteiger partial charge in [-0.3, -0.25) is 0 Å². The smallest absolute Gasteiger partial charge is 0.338 e. The minimum atomic E-state index is -0.486. The van der Waals surface area contributed by atoms with Gasteiger partial charge in [-0.05, 0) is 12.1 Å². The Hall–Kier alpha value is -1.35. The van der Waals surface area contributed by atoms with Crippen LogP contribution in [0.5, 0.6) is 0 Å². The highest BCUT2D eigenvalue weighted by Crippen LogP contribution is 2.22. The molecule has 0 bridgehead atoms. The number of rotatable bonds is 3. The maximum atomic E-state index is 11.7. The van der Waals surface area contributed by atoms with E-state index >= 15 is 0 Å². The Kier molecular flexibility index (Phi) is 4.07. The van der Waals surface area contributed by atoms with Crippen molar-refractivity contribution in [1.29, 1.82) is 0 Å². The fourth-order valence-corrected chi connectivity index (χ4v) is 1.26. The Balaban J connectivity index is 2.71. The Morgan fingerprint density at radius 1 is 1.31 bits per heavy atom. The summed E-state index contributed by atoms with van der Waals surface area (Å²) in [6, 6.07) is 8.78. The van der Waals surface area contributed by atoms with Crippen molar-refractivity contribution >= 4 is 5.97 Å². The minimum absolute atomic E-state index is 0.165. The molecule has 3 heteroatoms. The van der Waals surface area contributed by atoms with Crippen LogP contribution in [0, 0.1) is 5.41 Å². The molecule has 1 N–H and O–H groups in total. The highest BCUT2D eigenvalue weighted by atomic mass is 16.6. The molecule has 1 atom stereocenters. The zero-order valence-electron chi connectivity index (χ0n) is 9.93. The summed E-state index contributed by atoms with van der Waals surface area (Å²) in [7, 11) is 0. The van der Waals surface area contributed by atoms with Crippen molar-refractivity contribution in [3.05, 3.63) is 35.9 Å². The predicted molar refractivity (Wildman–Crippen MR) is 62.2 cm³/mol. The van der Waals surface area contributed by atoms with E-state index in [9.17, 15) is 9.90 Å². The van der Waals surface area contributed by atoms with Gasteiger partial charge in [-0.15, -0.1) is 0 Å². The number of ether oxygens (including phenoxy) is 1. The van der Waals surface area contributed by atoms with Gasteiger partial charge in [-0.1, -0.05) is 39.0 Å². The van der Waals surface area contributed by atoms with Crippen LogP contribution < -0.4 is 0 Å². The van der Waals surface area contributed by atoms with Crippen molar-refractivity contribution in [1.82, 2.24) is 0 Å². The van der Waals surface area contributed by atoms with E-state index in [0.717, 1.165) is 0 Å². The van der Waals surface area contributed by atoms with Gasteiger partial charge < -0.3 is 9.84 Å². The Morgan fingerprint density at radius 2 is 1.88 bits per heavy atom. The number of esters is 1. The molecule has 0 saturated heterocycles. The van der Waals surface area contributed by atoms with Crippen LogP contribution in [0.1, 0.15) is 31.1 Å². The first-order valence-corrected chi connectivity index (χ1v) is 5.32. The molecule has 0 heterocycles. The number of carbonyl (C=O) groups is 1. The molecular formula is C13H18O3. The Labute approximate surface area is 96.1 Å². The highest BCUT2D eigenvalue weighted by Gasteiger charge is 2.27. The van der Waals surface area contributed by atoms with Crippen LogP contribution in [0.4, 0.5) is 0 Å². The highest BCUT2D eigenvalue weighted by molar-refractivity contribution is 5.89. The third-order valence-corrected chi connectivity index (χ3v) is 2.39. The second kappa shape index (κ2) is 5.12. The molecule has 0 saturated carbocycles. The summed E-state index contributed by atoms with van der Waals surface area (Å²) in [5.74, 6) is -0.394. The quantitative estimate of drug-likeness (QED) is 0.798. The Morgan fingerprint density at radius 3 is 2.31 bits per heavy atom. The fraction of sp³-hybridized carbons (Fsp3) is 0.462. The molecule has 0 aliphatic heterocycles. The van der Waals surface area contributed by atoms with E-state index in [2.05, 4.69) is 0 Å². The van der Waals surface area contributed by atoms with E-state index in [1.807, 2.05) is 26.8 Å². The summed E-state index contributed by atoms with van der Waals surface area (Å²) in [6.07, 6.45) is -0.486. The van der Waals surface area contributed by atoms with Crippen LogP contribution in [0.2, 0.25) is 0 Å². The second-order valence-electron chi connectivity index (χ2n) is 4.81. The third-order valence-electron chi connectivity index (χ3n) is 2.39. The number of carbonyl (C=O) groups excluding carboxylic acids is 1. The van der Waals surface area contributed by atoms with Crippen LogP contribution in [-0.4, -0.2) is 23.8 Å². The number of aliphatic hydroxyl groups excluding tert-OH is 1. The SMILES string of the molecule is CC(C)(C)C(CO)OC(=O)c1ccccc1. The zero-order chi connectivity index (χ0) is 12.2. The van der Waals surface area contributed by atoms with E-state index in [-0.39, 0.29) is 12.0 Å². The molecule has 88 valence electrons. The number of benzene rings is 1. The normalized spacial score (nSPS) is 13.2. The Bertz CT molecular complexity index is 338. The lowest BCUT2D eigenvalue weighted by atomic mass is 9.89. The summed E-state index contributed by atoms with van der Waals surface area (Å²) in [5.41, 5.74) is 0.240. The monoisotopic (exact) mass is 222 g/mol. The van der Waals surface area contributed by atoms with E-state index in [1.165, 1.54) is 0 Å². The van der Waals surface area contributed by atoms with Crippen molar-refractivity contribution in [3.63, 3.8) is 0 Å². The molecule has 0 aliphatic carbocycles. The molecule has 1 aromatic carbocycles. The summed E-state index contributed by atoms with van der Waals surface area (Å²) in [4.78, 5) is 11.7. The van der Waals surface area contributed by atoms with Gasteiger partial charge in [-0.25, -0.2) is 4.79 Å². The van der Waals surface area contributed by atoms with Crippen LogP contribution in [0.25, 0.3) is 0 Å². The fourth-order valence-electron chi connectivity index (χ4n) is 1.26. The summed E-state index contributed by atoms with van der Waals surface area (Å²) >= 11 is 0. The van der Waals surface area contributed by atoms with Gasteiger partial charge in [0.25, 0.3) is 0 Å². The first-order chi connectivity index (χ1) is 7.45. The largest absolute Gasteiger partial charge is 0.456 e. The van der Waals surface area contributed by atoms with Crippen molar-refractivity contribution in [3.8, 4) is 0 Å². The molecule has 0 amide bonds. The summed E-state index contributed by atoms with van der Waals surface area (Å²) in [5, 5.41) is 9.18. The van der Waals surface area contributed by atoms with Crippen LogP contribution in [0.3, 0.4) is 0 Å². The van der Waals surface area contributed by atoms with Gasteiger partial charge in [-0.2, -0.15) is 0 Å². The molecule has 0 spiro atoms. The molecule has 1 unspecified atom stereocenters. The average molecular weight is 222 g/mol. The number of hydrogen-bond acceptors (Lipinski definition) is 3. The molecular weight excluding hydrogens is 204 g/mol. The van der Waals surface area contributed by atoms with Gasteiger partial charge in [0.2, 0.25) is 0 Å². The molecule has 0 fully saturated rings. The average Bonchev–Trinajstić information content (AvgIpc) is 2.25. The molecule has 16 heavy (non-hydrogen) atoms. The number of aliphatic hydroxyl groups is 1. The maximum absolute atomic E-state index is 11.7. The molecule has 0 aliphatic rings. The van der Waals surface area contributed by atoms with Crippen molar-refractivity contribution in [2.45, 2.75) is 26.9 Å². The lowest BCUT2D eigenvalue weighted by molar-refractivity contribution is -0.0260. The first-order valence-electron chi connectivity index (χ1n) is 5.32. The van der Waals surface area contributed by atoms with E-state index < -0.39 is 12.1 Å². The van der Waals surface area contributed by atoms with Crippen LogP contribution >= 0.6 is 0 Å². The topological polar surface area (TPSA) is 46.5 Å². The van der Waals surface area contributed by atoms with E-state index in [1.54, 1.807) is 24.3 Å². The standard InChI is InChI=1S/C13H18O3/c1-13(2,3)11(9-14)16-12(15)10-7-5-4-6-8-10/h4-8,11,14H,9H2,1-3H3. The van der Waals surface area contributed by atoms with Crippen LogP contribution in [0.15, 0.2) is 30.3 Å². The molecule has 1 rings (SSSR count). The van der Waals surface area contributed by atoms with Crippen LogP contribution in [-0.2, 0) is 4.74 Å². The van der Waals surface area contributed by atoms with E-state index in [4.69, 9.17) is 4.74 Å². The van der Waals surface area contributed by atoms with Crippen molar-refractivity contribution in [2.24, 2.45) is 5.41 Å².